The topological polar surface area (TPSA) is 80.2 Å². The number of urea groups is 1. The number of anilines is 1. The van der Waals surface area contributed by atoms with Crippen molar-refractivity contribution in [1.29, 1.82) is 0 Å². The van der Waals surface area contributed by atoms with Crippen LogP contribution in [0.1, 0.15) is 34.0 Å². The number of ketones is 1. The maximum Gasteiger partial charge on any atom is 0.342 e. The van der Waals surface area contributed by atoms with Crippen molar-refractivity contribution in [3.8, 4) is 0 Å². The predicted octanol–water partition coefficient (Wildman–Crippen LogP) is 5.96. The third kappa shape index (κ3) is 7.38. The first-order chi connectivity index (χ1) is 17.3. The number of rotatable bonds is 10. The summed E-state index contributed by atoms with van der Waals surface area (Å²) in [5, 5.41) is 9.02. The van der Waals surface area contributed by atoms with Crippen LogP contribution in [0.3, 0.4) is 0 Å². The van der Waals surface area contributed by atoms with E-state index < -0.39 is 12.3 Å². The van der Waals surface area contributed by atoms with E-state index in [-0.39, 0.29) is 12.3 Å². The Labute approximate surface area is 220 Å². The number of hydrogen-bond donors (Lipinski definition) is 1. The van der Waals surface area contributed by atoms with Crippen LogP contribution in [0.15, 0.2) is 71.8 Å². The molecule has 0 saturated carbocycles. The highest BCUT2D eigenvalue weighted by Gasteiger charge is 2.20. The van der Waals surface area contributed by atoms with Crippen molar-refractivity contribution in [2.24, 2.45) is 5.10 Å². The van der Waals surface area contributed by atoms with Crippen molar-refractivity contribution in [2.75, 3.05) is 25.8 Å². The minimum absolute atomic E-state index is 0.0218. The Bertz CT molecular complexity index is 1210. The fourth-order valence-corrected chi connectivity index (χ4v) is 4.00. The van der Waals surface area contributed by atoms with Gasteiger partial charge in [0.15, 0.2) is 12.1 Å². The lowest BCUT2D eigenvalue weighted by atomic mass is 10.0. The number of amides is 2. The summed E-state index contributed by atoms with van der Waals surface area (Å²) in [6, 6.07) is 19.4. The van der Waals surface area contributed by atoms with Crippen molar-refractivity contribution in [2.45, 2.75) is 19.6 Å². The van der Waals surface area contributed by atoms with Gasteiger partial charge in [-0.3, -0.25) is 4.79 Å². The minimum atomic E-state index is -0.616. The van der Waals surface area contributed by atoms with E-state index >= 15 is 0 Å². The van der Waals surface area contributed by atoms with E-state index in [1.165, 1.54) is 26.2 Å². The first-order valence-electron chi connectivity index (χ1n) is 11.1. The molecule has 0 spiro atoms. The molecule has 3 aromatic rings. The molecule has 3 aromatic carbocycles. The summed E-state index contributed by atoms with van der Waals surface area (Å²) in [5.74, 6) is -0.0218. The first kappa shape index (κ1) is 27.4. The summed E-state index contributed by atoms with van der Waals surface area (Å²) in [6.45, 7) is 1.63. The van der Waals surface area contributed by atoms with Crippen molar-refractivity contribution in [3.05, 3.63) is 99.0 Å². The maximum atomic E-state index is 13.1. The number of hydrazone groups is 1. The summed E-state index contributed by atoms with van der Waals surface area (Å²) in [4.78, 5) is 24.8. The van der Waals surface area contributed by atoms with Gasteiger partial charge in [-0.1, -0.05) is 71.7 Å². The Morgan fingerprint density at radius 2 is 1.67 bits per heavy atom. The standard InChI is InChI=1S/C27H27Cl2N3O4/c1-18(33)21-11-7-10-20(12-21)13-23-24(28)14-22(15-25(23)29)32(27(34)30-17-26(35-2)36-3)31-16-19-8-5-4-6-9-19/h4-12,14-16,26H,13,17H2,1-3H3,(H,30,34). The predicted molar refractivity (Wildman–Crippen MR) is 143 cm³/mol. The highest BCUT2D eigenvalue weighted by Crippen LogP contribution is 2.33. The molecule has 0 fully saturated rings. The molecule has 0 aliphatic heterocycles. The summed E-state index contributed by atoms with van der Waals surface area (Å²) in [7, 11) is 2.96. The smallest absolute Gasteiger partial charge is 0.342 e. The molecule has 1 N–H and O–H groups in total. The fourth-order valence-electron chi connectivity index (χ4n) is 3.39. The number of carbonyl (C=O) groups is 2. The summed E-state index contributed by atoms with van der Waals surface area (Å²) < 4.78 is 10.3. The quantitative estimate of drug-likeness (QED) is 0.153. The number of Topliss-reactive ketones (excluding diaryl/α,β-unsaturated/α-hetero) is 1. The van der Waals surface area contributed by atoms with Gasteiger partial charge >= 0.3 is 6.03 Å². The van der Waals surface area contributed by atoms with E-state index in [0.717, 1.165) is 11.1 Å². The number of methoxy groups -OCH3 is 2. The average Bonchev–Trinajstić information content (AvgIpc) is 2.87. The lowest BCUT2D eigenvalue weighted by Crippen LogP contribution is -2.41. The molecule has 0 aromatic heterocycles. The number of ether oxygens (including phenoxy) is 2. The van der Waals surface area contributed by atoms with Gasteiger partial charge in [-0.2, -0.15) is 10.1 Å². The minimum Gasteiger partial charge on any atom is -0.354 e. The van der Waals surface area contributed by atoms with Gasteiger partial charge in [-0.05, 0) is 41.8 Å². The molecule has 2 amide bonds. The van der Waals surface area contributed by atoms with Gasteiger partial charge in [0.05, 0.1) is 18.4 Å². The van der Waals surface area contributed by atoms with Crippen LogP contribution in [-0.4, -0.2) is 45.1 Å². The van der Waals surface area contributed by atoms with Crippen LogP contribution >= 0.6 is 23.2 Å². The second-order valence-corrected chi connectivity index (χ2v) is 8.69. The number of carbonyl (C=O) groups excluding carboxylic acids is 2. The number of benzene rings is 3. The summed E-state index contributed by atoms with van der Waals surface area (Å²) in [6.07, 6.45) is 1.36. The van der Waals surface area contributed by atoms with E-state index in [0.29, 0.717) is 33.3 Å². The zero-order valence-electron chi connectivity index (χ0n) is 20.2. The van der Waals surface area contributed by atoms with Gasteiger partial charge in [-0.15, -0.1) is 0 Å². The van der Waals surface area contributed by atoms with E-state index in [9.17, 15) is 9.59 Å². The first-order valence-corrected chi connectivity index (χ1v) is 11.9. The third-order valence-electron chi connectivity index (χ3n) is 5.34. The summed E-state index contributed by atoms with van der Waals surface area (Å²) >= 11 is 13.2. The fraction of sp³-hybridized carbons (Fsp3) is 0.222. The molecule has 36 heavy (non-hydrogen) atoms. The molecule has 3 rings (SSSR count). The molecule has 0 aliphatic rings. The Morgan fingerprint density at radius 3 is 2.28 bits per heavy atom. The molecule has 0 atom stereocenters. The van der Waals surface area contributed by atoms with Crippen molar-refractivity contribution < 1.29 is 19.1 Å². The van der Waals surface area contributed by atoms with Crippen molar-refractivity contribution in [1.82, 2.24) is 5.32 Å². The highest BCUT2D eigenvalue weighted by molar-refractivity contribution is 6.36. The third-order valence-corrected chi connectivity index (χ3v) is 6.02. The van der Waals surface area contributed by atoms with Gasteiger partial charge in [0.1, 0.15) is 0 Å². The molecular weight excluding hydrogens is 501 g/mol. The largest absolute Gasteiger partial charge is 0.354 e. The Hall–Kier alpha value is -3.23. The van der Waals surface area contributed by atoms with Crippen LogP contribution in [0, 0.1) is 0 Å². The average molecular weight is 528 g/mol. The molecular formula is C27H27Cl2N3O4. The maximum absolute atomic E-state index is 13.1. The van der Waals surface area contributed by atoms with Crippen molar-refractivity contribution >= 4 is 46.9 Å². The SMILES string of the molecule is COC(CNC(=O)N(N=Cc1ccccc1)c1cc(Cl)c(Cc2cccc(C(C)=O)c2)c(Cl)c1)OC. The van der Waals surface area contributed by atoms with Crippen LogP contribution in [0.5, 0.6) is 0 Å². The molecule has 0 heterocycles. The molecule has 7 nitrogen and oxygen atoms in total. The highest BCUT2D eigenvalue weighted by atomic mass is 35.5. The second-order valence-electron chi connectivity index (χ2n) is 7.88. The second kappa shape index (κ2) is 13.2. The van der Waals surface area contributed by atoms with Crippen LogP contribution in [0.2, 0.25) is 10.0 Å². The lowest BCUT2D eigenvalue weighted by molar-refractivity contribution is -0.0970. The molecule has 0 saturated heterocycles. The molecule has 188 valence electrons. The molecule has 9 heteroatoms. The zero-order chi connectivity index (χ0) is 26.1. The number of nitrogens with one attached hydrogen (secondary N) is 1. The van der Waals surface area contributed by atoms with E-state index in [2.05, 4.69) is 10.4 Å². The van der Waals surface area contributed by atoms with Crippen LogP contribution in [0.4, 0.5) is 10.5 Å². The number of hydrogen-bond acceptors (Lipinski definition) is 5. The van der Waals surface area contributed by atoms with Crippen LogP contribution < -0.4 is 10.3 Å². The van der Waals surface area contributed by atoms with E-state index in [4.69, 9.17) is 32.7 Å². The lowest BCUT2D eigenvalue weighted by Gasteiger charge is -2.21. The zero-order valence-corrected chi connectivity index (χ0v) is 21.7. The normalized spacial score (nSPS) is 11.2. The molecule has 0 aliphatic carbocycles. The Kier molecular flexibility index (Phi) is 10.0. The number of halogens is 2. The summed E-state index contributed by atoms with van der Waals surface area (Å²) in [5.41, 5.74) is 3.36. The van der Waals surface area contributed by atoms with Crippen LogP contribution in [-0.2, 0) is 15.9 Å². The van der Waals surface area contributed by atoms with Crippen molar-refractivity contribution in [3.63, 3.8) is 0 Å². The molecule has 0 bridgehead atoms. The molecule has 0 radical (unpaired) electrons. The van der Waals surface area contributed by atoms with Gasteiger partial charge in [0.2, 0.25) is 0 Å². The number of nitrogens with zero attached hydrogens (tertiary/aromatic N) is 2. The van der Waals surface area contributed by atoms with Crippen LogP contribution in [0.25, 0.3) is 0 Å². The van der Waals surface area contributed by atoms with Gasteiger partial charge in [0, 0.05) is 36.2 Å². The van der Waals surface area contributed by atoms with Gasteiger partial charge < -0.3 is 14.8 Å². The van der Waals surface area contributed by atoms with Gasteiger partial charge in [0.25, 0.3) is 0 Å². The van der Waals surface area contributed by atoms with E-state index in [1.54, 1.807) is 24.4 Å². The molecule has 0 unspecified atom stereocenters. The van der Waals surface area contributed by atoms with Gasteiger partial charge in [-0.25, -0.2) is 4.79 Å². The Balaban J connectivity index is 1.91. The van der Waals surface area contributed by atoms with E-state index in [1.807, 2.05) is 48.5 Å². The Morgan fingerprint density at radius 1 is 1.00 bits per heavy atom. The monoisotopic (exact) mass is 527 g/mol.